The van der Waals surface area contributed by atoms with Crippen LogP contribution in [0.4, 0.5) is 0 Å². The highest BCUT2D eigenvalue weighted by atomic mass is 35.5. The smallest absolute Gasteiger partial charge is 0.0406 e. The van der Waals surface area contributed by atoms with Crippen molar-refractivity contribution in [2.45, 2.75) is 6.54 Å². The summed E-state index contributed by atoms with van der Waals surface area (Å²) in [5, 5.41) is 0.744. The number of nitrogens with two attached hydrogens (primary N) is 1. The van der Waals surface area contributed by atoms with Crippen LogP contribution in [-0.4, -0.2) is 0 Å². The van der Waals surface area contributed by atoms with Crippen molar-refractivity contribution in [3.63, 3.8) is 0 Å². The molecule has 0 aliphatic heterocycles. The molecule has 2 heteroatoms. The second kappa shape index (κ2) is 4.47. The van der Waals surface area contributed by atoms with Gasteiger partial charge in [-0.2, -0.15) is 0 Å². The van der Waals surface area contributed by atoms with Gasteiger partial charge in [-0.3, -0.25) is 0 Å². The average Bonchev–Trinajstić information content (AvgIpc) is 2.30. The molecule has 0 fully saturated rings. The average molecular weight is 217 g/mol. The van der Waals surface area contributed by atoms with E-state index in [2.05, 4.69) is 6.07 Å². The van der Waals surface area contributed by atoms with Crippen LogP contribution in [0.5, 0.6) is 0 Å². The minimum atomic E-state index is 0.515. The Bertz CT molecular complexity index is 448. The molecule has 2 N–H and O–H groups in total. The van der Waals surface area contributed by atoms with Crippen LogP contribution in [0.3, 0.4) is 0 Å². The normalized spacial score (nSPS) is 10.3. The topological polar surface area (TPSA) is 26.0 Å². The Balaban J connectivity index is 2.40. The molecular weight excluding hydrogens is 206 g/mol. The Hall–Kier alpha value is -1.31. The molecule has 15 heavy (non-hydrogen) atoms. The summed E-state index contributed by atoms with van der Waals surface area (Å²) in [6, 6.07) is 16.9. The van der Waals surface area contributed by atoms with Crippen molar-refractivity contribution in [1.29, 1.82) is 0 Å². The quantitative estimate of drug-likeness (QED) is 0.820. The first-order valence-corrected chi connectivity index (χ1v) is 5.14. The number of benzene rings is 2. The summed E-state index contributed by atoms with van der Waals surface area (Å²) in [5.41, 5.74) is 8.74. The lowest BCUT2D eigenvalue weighted by molar-refractivity contribution is 1.07. The third kappa shape index (κ3) is 2.38. The summed E-state index contributed by atoms with van der Waals surface area (Å²) in [6.07, 6.45) is 0. The largest absolute Gasteiger partial charge is 0.326 e. The summed E-state index contributed by atoms with van der Waals surface area (Å²) in [7, 11) is 0. The van der Waals surface area contributed by atoms with E-state index < -0.39 is 0 Å². The number of halogens is 1. The summed E-state index contributed by atoms with van der Waals surface area (Å²) < 4.78 is 0. The first-order valence-electron chi connectivity index (χ1n) is 4.77. The Labute approximate surface area is 94.5 Å². The van der Waals surface area contributed by atoms with Gasteiger partial charge in [0.25, 0.3) is 0 Å². The number of rotatable bonds is 2. The van der Waals surface area contributed by atoms with Crippen molar-refractivity contribution in [2.75, 3.05) is 0 Å². The Morgan fingerprint density at radius 3 is 2.47 bits per heavy atom. The highest BCUT2D eigenvalue weighted by Crippen LogP contribution is 2.21. The lowest BCUT2D eigenvalue weighted by Crippen LogP contribution is -1.96. The van der Waals surface area contributed by atoms with Crippen molar-refractivity contribution in [3.05, 3.63) is 59.1 Å². The maximum absolute atomic E-state index is 5.83. The fourth-order valence-electron chi connectivity index (χ4n) is 1.43. The van der Waals surface area contributed by atoms with E-state index in [-0.39, 0.29) is 0 Å². The first-order chi connectivity index (χ1) is 7.29. The highest BCUT2D eigenvalue weighted by molar-refractivity contribution is 6.30. The van der Waals surface area contributed by atoms with Crippen LogP contribution in [0.2, 0.25) is 5.02 Å². The SMILES string of the molecule is NCc1[c]c(-c2ccc(Cl)cc2)ccc1. The van der Waals surface area contributed by atoms with E-state index in [0.29, 0.717) is 6.54 Å². The maximum Gasteiger partial charge on any atom is 0.0406 e. The summed E-state index contributed by atoms with van der Waals surface area (Å²) in [5.74, 6) is 0. The van der Waals surface area contributed by atoms with Crippen molar-refractivity contribution in [1.82, 2.24) is 0 Å². The molecular formula is C13H11ClN. The van der Waals surface area contributed by atoms with Gasteiger partial charge in [0.1, 0.15) is 0 Å². The molecule has 75 valence electrons. The van der Waals surface area contributed by atoms with Crippen LogP contribution in [0.1, 0.15) is 5.56 Å². The first kappa shape index (κ1) is 10.2. The minimum absolute atomic E-state index is 0.515. The van der Waals surface area contributed by atoms with Crippen LogP contribution in [0.15, 0.2) is 42.5 Å². The molecule has 2 aromatic rings. The van der Waals surface area contributed by atoms with Gasteiger partial charge in [0.05, 0.1) is 0 Å². The molecule has 2 aromatic carbocycles. The molecule has 0 aliphatic carbocycles. The highest BCUT2D eigenvalue weighted by Gasteiger charge is 1.98. The summed E-state index contributed by atoms with van der Waals surface area (Å²) >= 11 is 5.83. The van der Waals surface area contributed by atoms with E-state index in [1.165, 1.54) is 0 Å². The summed E-state index contributed by atoms with van der Waals surface area (Å²) in [6.45, 7) is 0.515. The number of hydrogen-bond donors (Lipinski definition) is 1. The molecule has 0 atom stereocenters. The van der Waals surface area contributed by atoms with Crippen molar-refractivity contribution in [3.8, 4) is 11.1 Å². The van der Waals surface area contributed by atoms with Gasteiger partial charge in [-0.15, -0.1) is 0 Å². The predicted octanol–water partition coefficient (Wildman–Crippen LogP) is 3.27. The lowest BCUT2D eigenvalue weighted by atomic mass is 10.0. The van der Waals surface area contributed by atoms with Gasteiger partial charge < -0.3 is 5.73 Å². The molecule has 1 radical (unpaired) electrons. The van der Waals surface area contributed by atoms with Crippen LogP contribution in [-0.2, 0) is 6.54 Å². The van der Waals surface area contributed by atoms with E-state index >= 15 is 0 Å². The third-order valence-corrected chi connectivity index (χ3v) is 2.48. The van der Waals surface area contributed by atoms with Crippen LogP contribution in [0.25, 0.3) is 11.1 Å². The van der Waals surface area contributed by atoms with Gasteiger partial charge in [-0.1, -0.05) is 41.9 Å². The van der Waals surface area contributed by atoms with E-state index in [4.69, 9.17) is 17.3 Å². The predicted molar refractivity (Wildman–Crippen MR) is 63.6 cm³/mol. The molecule has 1 nitrogen and oxygen atoms in total. The van der Waals surface area contributed by atoms with Gasteiger partial charge in [-0.25, -0.2) is 0 Å². The van der Waals surface area contributed by atoms with Crippen LogP contribution in [0, 0.1) is 6.07 Å². The molecule has 0 aliphatic rings. The second-order valence-corrected chi connectivity index (χ2v) is 3.74. The molecule has 0 heterocycles. The van der Waals surface area contributed by atoms with Gasteiger partial charge in [0.15, 0.2) is 0 Å². The molecule has 0 amide bonds. The minimum Gasteiger partial charge on any atom is -0.326 e. The second-order valence-electron chi connectivity index (χ2n) is 3.30. The van der Waals surface area contributed by atoms with E-state index in [9.17, 15) is 0 Å². The Kier molecular flexibility index (Phi) is 3.05. The monoisotopic (exact) mass is 216 g/mol. The van der Waals surface area contributed by atoms with Gasteiger partial charge >= 0.3 is 0 Å². The van der Waals surface area contributed by atoms with Gasteiger partial charge in [0.2, 0.25) is 0 Å². The van der Waals surface area contributed by atoms with Gasteiger partial charge in [-0.05, 0) is 34.9 Å². The lowest BCUT2D eigenvalue weighted by Gasteiger charge is -2.03. The number of hydrogen-bond acceptors (Lipinski definition) is 1. The molecule has 0 saturated carbocycles. The zero-order chi connectivity index (χ0) is 10.7. The van der Waals surface area contributed by atoms with Crippen molar-refractivity contribution < 1.29 is 0 Å². The van der Waals surface area contributed by atoms with Gasteiger partial charge in [0, 0.05) is 11.6 Å². The van der Waals surface area contributed by atoms with Crippen LogP contribution < -0.4 is 5.73 Å². The van der Waals surface area contributed by atoms with Crippen LogP contribution >= 0.6 is 11.6 Å². The zero-order valence-electron chi connectivity index (χ0n) is 8.20. The summed E-state index contributed by atoms with van der Waals surface area (Å²) in [4.78, 5) is 0. The van der Waals surface area contributed by atoms with E-state index in [1.807, 2.05) is 42.5 Å². The fourth-order valence-corrected chi connectivity index (χ4v) is 1.56. The standard InChI is InChI=1S/C13H11ClN/c14-13-6-4-11(5-7-13)12-3-1-2-10(8-12)9-15/h1-7H,9,15H2. The Morgan fingerprint density at radius 1 is 1.07 bits per heavy atom. The van der Waals surface area contributed by atoms with Crippen molar-refractivity contribution in [2.24, 2.45) is 5.73 Å². The zero-order valence-corrected chi connectivity index (χ0v) is 8.96. The molecule has 0 bridgehead atoms. The molecule has 0 aromatic heterocycles. The molecule has 2 rings (SSSR count). The maximum atomic E-state index is 5.83. The van der Waals surface area contributed by atoms with E-state index in [1.54, 1.807) is 0 Å². The third-order valence-electron chi connectivity index (χ3n) is 2.23. The molecule has 0 unspecified atom stereocenters. The molecule has 0 saturated heterocycles. The fraction of sp³-hybridized carbons (Fsp3) is 0.0769. The Morgan fingerprint density at radius 2 is 1.80 bits per heavy atom. The molecule has 0 spiro atoms. The van der Waals surface area contributed by atoms with E-state index in [0.717, 1.165) is 21.7 Å². The van der Waals surface area contributed by atoms with Crippen molar-refractivity contribution >= 4 is 11.6 Å².